The van der Waals surface area contributed by atoms with E-state index in [4.69, 9.17) is 4.42 Å². The highest BCUT2D eigenvalue weighted by Crippen LogP contribution is 2.37. The number of aryl methyl sites for hydroxylation is 1. The van der Waals surface area contributed by atoms with Gasteiger partial charge in [-0.1, -0.05) is 12.1 Å². The van der Waals surface area contributed by atoms with E-state index in [-0.39, 0.29) is 31.3 Å². The van der Waals surface area contributed by atoms with Gasteiger partial charge in [-0.05, 0) is 75.5 Å². The van der Waals surface area contributed by atoms with Gasteiger partial charge in [0.2, 0.25) is 21.8 Å². The Labute approximate surface area is 230 Å². The Hall–Kier alpha value is -3.06. The molecule has 1 aliphatic carbocycles. The summed E-state index contributed by atoms with van der Waals surface area (Å²) in [6, 6.07) is 10.4. The van der Waals surface area contributed by atoms with Crippen LogP contribution in [0.15, 0.2) is 47.0 Å². The SMILES string of the molecule is Cc1cccc(N(Cc2ccc(-c3nnc(C(F)F)o3)cn2)S(=O)(=O)C2CCN(C3CCC(F)(F)CC3)CC2)c1. The van der Waals surface area contributed by atoms with Crippen LogP contribution in [0.25, 0.3) is 11.5 Å². The number of piperidine rings is 1. The van der Waals surface area contributed by atoms with Crippen LogP contribution in [0.4, 0.5) is 23.2 Å². The second-order valence-electron chi connectivity index (χ2n) is 10.5. The summed E-state index contributed by atoms with van der Waals surface area (Å²) in [6.07, 6.45) is -0.0817. The van der Waals surface area contributed by atoms with Crippen LogP contribution >= 0.6 is 0 Å². The first-order valence-corrected chi connectivity index (χ1v) is 14.8. The van der Waals surface area contributed by atoms with Crippen molar-refractivity contribution in [3.63, 3.8) is 0 Å². The second kappa shape index (κ2) is 11.4. The molecule has 13 heteroatoms. The fourth-order valence-electron chi connectivity index (χ4n) is 5.45. The Bertz CT molecular complexity index is 1400. The zero-order chi connectivity index (χ0) is 28.5. The summed E-state index contributed by atoms with van der Waals surface area (Å²) in [6.45, 7) is 2.93. The first kappa shape index (κ1) is 28.5. The molecule has 0 radical (unpaired) electrons. The molecule has 2 aliphatic rings. The van der Waals surface area contributed by atoms with Crippen molar-refractivity contribution in [1.29, 1.82) is 0 Å². The highest BCUT2D eigenvalue weighted by Gasteiger charge is 2.40. The summed E-state index contributed by atoms with van der Waals surface area (Å²) in [5.41, 5.74) is 2.20. The van der Waals surface area contributed by atoms with Gasteiger partial charge >= 0.3 is 6.43 Å². The van der Waals surface area contributed by atoms with Crippen LogP contribution in [-0.2, 0) is 16.6 Å². The average Bonchev–Trinajstić information content (AvgIpc) is 3.43. The van der Waals surface area contributed by atoms with Gasteiger partial charge in [0.15, 0.2) is 0 Å². The third-order valence-corrected chi connectivity index (χ3v) is 9.97. The minimum Gasteiger partial charge on any atom is -0.415 e. The number of likely N-dealkylation sites (tertiary alicyclic amines) is 1. The molecule has 0 atom stereocenters. The van der Waals surface area contributed by atoms with Crippen LogP contribution in [0.5, 0.6) is 0 Å². The summed E-state index contributed by atoms with van der Waals surface area (Å²) >= 11 is 0. The minimum absolute atomic E-state index is 0.0316. The van der Waals surface area contributed by atoms with Gasteiger partial charge in [0.25, 0.3) is 5.89 Å². The van der Waals surface area contributed by atoms with Crippen LogP contribution in [0.3, 0.4) is 0 Å². The van der Waals surface area contributed by atoms with Crippen molar-refractivity contribution < 1.29 is 30.4 Å². The van der Waals surface area contributed by atoms with Crippen molar-refractivity contribution >= 4 is 15.7 Å². The largest absolute Gasteiger partial charge is 0.415 e. The third kappa shape index (κ3) is 6.30. The highest BCUT2D eigenvalue weighted by atomic mass is 32.2. The summed E-state index contributed by atoms with van der Waals surface area (Å²) in [7, 11) is -3.81. The van der Waals surface area contributed by atoms with E-state index in [0.717, 1.165) is 5.56 Å². The zero-order valence-electron chi connectivity index (χ0n) is 22.0. The van der Waals surface area contributed by atoms with E-state index in [2.05, 4.69) is 20.1 Å². The molecule has 40 heavy (non-hydrogen) atoms. The Morgan fingerprint density at radius 3 is 2.40 bits per heavy atom. The van der Waals surface area contributed by atoms with Crippen molar-refractivity contribution in [2.24, 2.45) is 0 Å². The number of halogens is 4. The number of benzene rings is 1. The standard InChI is InChI=1S/C27H31F4N5O3S/c1-18-3-2-4-22(15-18)36(17-20-6-5-19(16-32-20)25-33-34-26(39-25)24(28)29)40(37,38)23-9-13-35(14-10-23)21-7-11-27(30,31)12-8-21/h2-6,15-16,21,23-24H,7-14,17H2,1H3. The molecule has 0 bridgehead atoms. The van der Waals surface area contributed by atoms with Crippen LogP contribution in [0.2, 0.25) is 0 Å². The van der Waals surface area contributed by atoms with Crippen molar-refractivity contribution in [1.82, 2.24) is 20.1 Å². The van der Waals surface area contributed by atoms with E-state index in [1.165, 1.54) is 10.5 Å². The number of rotatable bonds is 8. The Morgan fingerprint density at radius 2 is 1.80 bits per heavy atom. The monoisotopic (exact) mass is 581 g/mol. The minimum atomic E-state index is -3.81. The fourth-order valence-corrected chi connectivity index (χ4v) is 7.34. The molecular weight excluding hydrogens is 550 g/mol. The molecule has 0 spiro atoms. The first-order chi connectivity index (χ1) is 19.0. The van der Waals surface area contributed by atoms with Gasteiger partial charge in [0.05, 0.1) is 28.7 Å². The maximum atomic E-state index is 14.0. The molecule has 3 heterocycles. The number of hydrogen-bond donors (Lipinski definition) is 0. The molecule has 2 aromatic heterocycles. The molecular formula is C27H31F4N5O3S. The normalized spacial score (nSPS) is 19.2. The quantitative estimate of drug-likeness (QED) is 0.313. The molecule has 1 saturated carbocycles. The van der Waals surface area contributed by atoms with Crippen LogP contribution in [0.1, 0.15) is 62.1 Å². The van der Waals surface area contributed by atoms with Gasteiger partial charge in [0, 0.05) is 25.1 Å². The predicted octanol–water partition coefficient (Wildman–Crippen LogP) is 5.76. The Morgan fingerprint density at radius 1 is 1.07 bits per heavy atom. The van der Waals surface area contributed by atoms with Gasteiger partial charge in [-0.15, -0.1) is 10.2 Å². The third-order valence-electron chi connectivity index (χ3n) is 7.70. The number of alkyl halides is 4. The van der Waals surface area contributed by atoms with E-state index >= 15 is 0 Å². The topological polar surface area (TPSA) is 92.4 Å². The number of hydrogen-bond acceptors (Lipinski definition) is 7. The number of nitrogens with zero attached hydrogens (tertiary/aromatic N) is 5. The van der Waals surface area contributed by atoms with Crippen molar-refractivity contribution in [3.05, 3.63) is 59.7 Å². The molecule has 216 valence electrons. The van der Waals surface area contributed by atoms with E-state index in [1.54, 1.807) is 30.3 Å². The lowest BCUT2D eigenvalue weighted by atomic mass is 9.90. The fraction of sp³-hybridized carbons (Fsp3) is 0.519. The molecule has 3 aromatic rings. The lowest BCUT2D eigenvalue weighted by Gasteiger charge is -2.41. The van der Waals surface area contributed by atoms with Gasteiger partial charge in [-0.3, -0.25) is 9.29 Å². The highest BCUT2D eigenvalue weighted by molar-refractivity contribution is 7.93. The van der Waals surface area contributed by atoms with Gasteiger partial charge in [-0.2, -0.15) is 8.78 Å². The molecule has 2 fully saturated rings. The molecule has 0 amide bonds. The maximum absolute atomic E-state index is 14.0. The molecule has 0 N–H and O–H groups in total. The van der Waals surface area contributed by atoms with Crippen LogP contribution in [0, 0.1) is 6.92 Å². The molecule has 0 unspecified atom stereocenters. The summed E-state index contributed by atoms with van der Waals surface area (Å²) in [5.74, 6) is -3.49. The Kier molecular flexibility index (Phi) is 8.14. The van der Waals surface area contributed by atoms with E-state index in [9.17, 15) is 26.0 Å². The first-order valence-electron chi connectivity index (χ1n) is 13.3. The average molecular weight is 582 g/mol. The summed E-state index contributed by atoms with van der Waals surface area (Å²) in [4.78, 5) is 6.51. The van der Waals surface area contributed by atoms with Crippen LogP contribution in [-0.4, -0.2) is 58.8 Å². The number of pyridine rings is 1. The zero-order valence-corrected chi connectivity index (χ0v) is 22.8. The van der Waals surface area contributed by atoms with Crippen LogP contribution < -0.4 is 4.31 Å². The van der Waals surface area contributed by atoms with E-state index in [1.807, 2.05) is 13.0 Å². The van der Waals surface area contributed by atoms with Gasteiger partial charge < -0.3 is 9.32 Å². The number of anilines is 1. The lowest BCUT2D eigenvalue weighted by molar-refractivity contribution is -0.0552. The van der Waals surface area contributed by atoms with E-state index in [0.29, 0.717) is 55.7 Å². The van der Waals surface area contributed by atoms with Crippen molar-refractivity contribution in [2.45, 2.75) is 75.6 Å². The number of sulfonamides is 1. The molecule has 1 aliphatic heterocycles. The van der Waals surface area contributed by atoms with Gasteiger partial charge in [-0.25, -0.2) is 17.2 Å². The maximum Gasteiger partial charge on any atom is 0.314 e. The lowest BCUT2D eigenvalue weighted by Crippen LogP contribution is -2.49. The van der Waals surface area contributed by atoms with Gasteiger partial charge in [0.1, 0.15) is 0 Å². The van der Waals surface area contributed by atoms with Crippen molar-refractivity contribution in [2.75, 3.05) is 17.4 Å². The number of aromatic nitrogens is 3. The molecule has 1 saturated heterocycles. The summed E-state index contributed by atoms with van der Waals surface area (Å²) in [5, 5.41) is 6.31. The predicted molar refractivity (Wildman–Crippen MR) is 141 cm³/mol. The molecule has 1 aromatic carbocycles. The van der Waals surface area contributed by atoms with Crippen molar-refractivity contribution in [3.8, 4) is 11.5 Å². The van der Waals surface area contributed by atoms with E-state index < -0.39 is 33.5 Å². The summed E-state index contributed by atoms with van der Waals surface area (Å²) < 4.78 is 87.2. The second-order valence-corrected chi connectivity index (χ2v) is 12.6. The smallest absolute Gasteiger partial charge is 0.314 e. The Balaban J connectivity index is 1.32. The molecule has 8 nitrogen and oxygen atoms in total. The molecule has 5 rings (SSSR count).